The van der Waals surface area contributed by atoms with Crippen LogP contribution in [0.3, 0.4) is 0 Å². The highest BCUT2D eigenvalue weighted by Gasteiger charge is 2.15. The van der Waals surface area contributed by atoms with E-state index in [9.17, 15) is 13.2 Å². The molecule has 0 radical (unpaired) electrons. The number of carbonyl (C=O) groups excluding carboxylic acids is 1. The van der Waals surface area contributed by atoms with Gasteiger partial charge >= 0.3 is 0 Å². The van der Waals surface area contributed by atoms with E-state index in [1.807, 2.05) is 6.07 Å². The molecule has 27 heavy (non-hydrogen) atoms. The number of anilines is 1. The van der Waals surface area contributed by atoms with Gasteiger partial charge in [-0.05, 0) is 35.9 Å². The first-order valence-electron chi connectivity index (χ1n) is 7.81. The van der Waals surface area contributed by atoms with Crippen molar-refractivity contribution < 1.29 is 18.7 Å². The minimum absolute atomic E-state index is 0. The summed E-state index contributed by atoms with van der Waals surface area (Å²) >= 11 is 5.94. The predicted molar refractivity (Wildman–Crippen MR) is 109 cm³/mol. The van der Waals surface area contributed by atoms with Gasteiger partial charge in [-0.2, -0.15) is 0 Å². The van der Waals surface area contributed by atoms with E-state index in [2.05, 4.69) is 4.72 Å². The van der Waals surface area contributed by atoms with Gasteiger partial charge in [0.15, 0.2) is 5.78 Å². The topological polar surface area (TPSA) is 94.7 Å². The number of hydrogen-bond acceptors (Lipinski definition) is 3. The van der Waals surface area contributed by atoms with Gasteiger partial charge in [-0.15, -0.1) is 0 Å². The SMILES string of the molecule is CS(=O)(=O)Nc1ccc(C(=O)c2ccccc2)cc1-c1ccc(Cl)cc1.O. The molecule has 0 aromatic heterocycles. The summed E-state index contributed by atoms with van der Waals surface area (Å²) in [6.07, 6.45) is 1.08. The summed E-state index contributed by atoms with van der Waals surface area (Å²) in [5, 5.41) is 0.572. The number of benzene rings is 3. The van der Waals surface area contributed by atoms with Crippen LogP contribution in [-0.2, 0) is 10.0 Å². The van der Waals surface area contributed by atoms with Crippen molar-refractivity contribution in [2.75, 3.05) is 11.0 Å². The van der Waals surface area contributed by atoms with Crippen LogP contribution in [0.25, 0.3) is 11.1 Å². The Kier molecular flexibility index (Phi) is 6.38. The van der Waals surface area contributed by atoms with Crippen LogP contribution in [0.15, 0.2) is 72.8 Å². The Balaban J connectivity index is 0.00000261. The average molecular weight is 404 g/mol. The van der Waals surface area contributed by atoms with Gasteiger partial charge in [-0.3, -0.25) is 9.52 Å². The van der Waals surface area contributed by atoms with Gasteiger partial charge in [0.2, 0.25) is 10.0 Å². The standard InChI is InChI=1S/C20H16ClNO3S.H2O/c1-26(24,25)22-19-12-9-16(20(23)15-5-3-2-4-6-15)13-18(19)14-7-10-17(21)11-8-14;/h2-13,22H,1H3;1H2. The first-order valence-corrected chi connectivity index (χ1v) is 10.1. The third-order valence-corrected chi connectivity index (χ3v) is 4.61. The molecule has 0 aliphatic rings. The van der Waals surface area contributed by atoms with Crippen LogP contribution in [0, 0.1) is 0 Å². The average Bonchev–Trinajstić information content (AvgIpc) is 2.62. The monoisotopic (exact) mass is 403 g/mol. The van der Waals surface area contributed by atoms with E-state index in [0.717, 1.165) is 11.8 Å². The molecule has 0 aliphatic carbocycles. The molecule has 3 aromatic rings. The fourth-order valence-electron chi connectivity index (χ4n) is 2.60. The Morgan fingerprint density at radius 3 is 2.11 bits per heavy atom. The van der Waals surface area contributed by atoms with Crippen LogP contribution in [0.2, 0.25) is 5.02 Å². The Bertz CT molecular complexity index is 1050. The maximum absolute atomic E-state index is 12.7. The molecule has 0 aliphatic heterocycles. The molecular weight excluding hydrogens is 386 g/mol. The van der Waals surface area contributed by atoms with Crippen LogP contribution in [0.5, 0.6) is 0 Å². The van der Waals surface area contributed by atoms with Crippen LogP contribution < -0.4 is 4.72 Å². The molecular formula is C20H18ClNO4S. The van der Waals surface area contributed by atoms with Crippen molar-refractivity contribution in [2.24, 2.45) is 0 Å². The van der Waals surface area contributed by atoms with Gasteiger partial charge in [0, 0.05) is 21.7 Å². The number of halogens is 1. The molecule has 3 N–H and O–H groups in total. The minimum atomic E-state index is -3.46. The zero-order valence-corrected chi connectivity index (χ0v) is 16.0. The molecule has 0 saturated heterocycles. The van der Waals surface area contributed by atoms with Crippen LogP contribution in [-0.4, -0.2) is 25.9 Å². The maximum atomic E-state index is 12.7. The van der Waals surface area contributed by atoms with Crippen LogP contribution in [0.4, 0.5) is 5.69 Å². The minimum Gasteiger partial charge on any atom is -0.412 e. The normalized spacial score (nSPS) is 10.7. The fourth-order valence-corrected chi connectivity index (χ4v) is 3.30. The summed E-state index contributed by atoms with van der Waals surface area (Å²) in [5.41, 5.74) is 2.80. The largest absolute Gasteiger partial charge is 0.412 e. The Morgan fingerprint density at radius 1 is 0.889 bits per heavy atom. The zero-order chi connectivity index (χ0) is 18.7. The fraction of sp³-hybridized carbons (Fsp3) is 0.0500. The van der Waals surface area contributed by atoms with E-state index < -0.39 is 10.0 Å². The second kappa shape index (κ2) is 8.35. The number of rotatable bonds is 5. The molecule has 0 heterocycles. The van der Waals surface area contributed by atoms with Crippen molar-refractivity contribution in [2.45, 2.75) is 0 Å². The van der Waals surface area contributed by atoms with E-state index in [1.54, 1.807) is 66.7 Å². The number of carbonyl (C=O) groups is 1. The molecule has 140 valence electrons. The van der Waals surface area contributed by atoms with Crippen molar-refractivity contribution in [3.8, 4) is 11.1 Å². The molecule has 3 aromatic carbocycles. The van der Waals surface area contributed by atoms with E-state index in [0.29, 0.717) is 27.4 Å². The molecule has 5 nitrogen and oxygen atoms in total. The lowest BCUT2D eigenvalue weighted by atomic mass is 9.97. The van der Waals surface area contributed by atoms with Gasteiger partial charge < -0.3 is 5.48 Å². The predicted octanol–water partition coefficient (Wildman–Crippen LogP) is 3.78. The zero-order valence-electron chi connectivity index (χ0n) is 14.4. The second-order valence-electron chi connectivity index (χ2n) is 5.84. The van der Waals surface area contributed by atoms with E-state index in [1.165, 1.54) is 0 Å². The van der Waals surface area contributed by atoms with E-state index in [-0.39, 0.29) is 11.3 Å². The molecule has 0 bridgehead atoms. The van der Waals surface area contributed by atoms with Crippen molar-refractivity contribution in [3.63, 3.8) is 0 Å². The van der Waals surface area contributed by atoms with Gasteiger partial charge in [-0.25, -0.2) is 8.42 Å². The lowest BCUT2D eigenvalue weighted by Gasteiger charge is -2.13. The van der Waals surface area contributed by atoms with Gasteiger partial charge in [0.05, 0.1) is 11.9 Å². The van der Waals surface area contributed by atoms with Gasteiger partial charge in [0.1, 0.15) is 0 Å². The Morgan fingerprint density at radius 2 is 1.52 bits per heavy atom. The van der Waals surface area contributed by atoms with Crippen molar-refractivity contribution in [3.05, 3.63) is 88.9 Å². The lowest BCUT2D eigenvalue weighted by Crippen LogP contribution is -2.11. The van der Waals surface area contributed by atoms with Crippen LogP contribution >= 0.6 is 11.6 Å². The lowest BCUT2D eigenvalue weighted by molar-refractivity contribution is 0.103. The highest BCUT2D eigenvalue weighted by Crippen LogP contribution is 2.31. The van der Waals surface area contributed by atoms with Crippen molar-refractivity contribution in [1.82, 2.24) is 0 Å². The third kappa shape index (κ3) is 5.17. The first-order chi connectivity index (χ1) is 12.3. The molecule has 0 fully saturated rings. The summed E-state index contributed by atoms with van der Waals surface area (Å²) in [5.74, 6) is -0.133. The highest BCUT2D eigenvalue weighted by molar-refractivity contribution is 7.92. The molecule has 0 amide bonds. The number of nitrogens with one attached hydrogen (secondary N) is 1. The first kappa shape index (κ1) is 20.6. The third-order valence-electron chi connectivity index (χ3n) is 3.77. The summed E-state index contributed by atoms with van der Waals surface area (Å²) < 4.78 is 25.9. The number of hydrogen-bond donors (Lipinski definition) is 1. The van der Waals surface area contributed by atoms with Gasteiger partial charge in [0.25, 0.3) is 0 Å². The Hall–Kier alpha value is -2.67. The molecule has 0 unspecified atom stereocenters. The van der Waals surface area contributed by atoms with Crippen LogP contribution in [0.1, 0.15) is 15.9 Å². The summed E-state index contributed by atoms with van der Waals surface area (Å²) in [6, 6.07) is 20.8. The summed E-state index contributed by atoms with van der Waals surface area (Å²) in [6.45, 7) is 0. The molecule has 0 saturated carbocycles. The number of ketones is 1. The van der Waals surface area contributed by atoms with Crippen molar-refractivity contribution in [1.29, 1.82) is 0 Å². The molecule has 3 rings (SSSR count). The highest BCUT2D eigenvalue weighted by atomic mass is 35.5. The molecule has 0 atom stereocenters. The maximum Gasteiger partial charge on any atom is 0.229 e. The Labute approximate surface area is 163 Å². The van der Waals surface area contributed by atoms with E-state index >= 15 is 0 Å². The quantitative estimate of drug-likeness (QED) is 0.656. The second-order valence-corrected chi connectivity index (χ2v) is 8.02. The smallest absolute Gasteiger partial charge is 0.229 e. The number of sulfonamides is 1. The van der Waals surface area contributed by atoms with Gasteiger partial charge in [-0.1, -0.05) is 54.1 Å². The molecule has 0 spiro atoms. The van der Waals surface area contributed by atoms with E-state index in [4.69, 9.17) is 11.6 Å². The van der Waals surface area contributed by atoms with Crippen molar-refractivity contribution >= 4 is 33.1 Å². The summed E-state index contributed by atoms with van der Waals surface area (Å²) in [7, 11) is -3.46. The summed E-state index contributed by atoms with van der Waals surface area (Å²) in [4.78, 5) is 12.7. The molecule has 7 heteroatoms.